The summed E-state index contributed by atoms with van der Waals surface area (Å²) in [6.07, 6.45) is 0.436. The lowest BCUT2D eigenvalue weighted by molar-refractivity contribution is -0.143. The number of rotatable bonds is 4. The quantitative estimate of drug-likeness (QED) is 0.820. The number of aryl methyl sites for hydroxylation is 1. The minimum absolute atomic E-state index is 0.144. The Labute approximate surface area is 96.3 Å². The van der Waals surface area contributed by atoms with E-state index in [0.717, 1.165) is 5.56 Å². The van der Waals surface area contributed by atoms with Gasteiger partial charge in [0, 0.05) is 0 Å². The van der Waals surface area contributed by atoms with Gasteiger partial charge in [0.25, 0.3) is 0 Å². The van der Waals surface area contributed by atoms with Crippen LogP contribution in [-0.2, 0) is 4.79 Å². The van der Waals surface area contributed by atoms with Crippen LogP contribution in [0.15, 0.2) is 24.3 Å². The standard InChI is InChI=1S/C13H19NO2/c1-9-5-4-6-11(7-9)10(2)8-13(3,14)12(15)16/h4-7,10H,8,14H2,1-3H3,(H,15,16). The summed E-state index contributed by atoms with van der Waals surface area (Å²) in [6.45, 7) is 5.58. The molecule has 0 aliphatic rings. The second kappa shape index (κ2) is 4.66. The number of aliphatic carboxylic acids is 1. The Kier molecular flexibility index (Phi) is 3.70. The highest BCUT2D eigenvalue weighted by Gasteiger charge is 2.30. The number of carbonyl (C=O) groups is 1. The van der Waals surface area contributed by atoms with Gasteiger partial charge in [-0.15, -0.1) is 0 Å². The zero-order chi connectivity index (χ0) is 12.3. The number of nitrogens with two attached hydrogens (primary N) is 1. The van der Waals surface area contributed by atoms with Gasteiger partial charge in [-0.1, -0.05) is 36.8 Å². The summed E-state index contributed by atoms with van der Waals surface area (Å²) in [5, 5.41) is 8.97. The highest BCUT2D eigenvalue weighted by Crippen LogP contribution is 2.25. The molecule has 0 heterocycles. The molecule has 0 radical (unpaired) electrons. The first-order valence-electron chi connectivity index (χ1n) is 5.42. The van der Waals surface area contributed by atoms with Crippen molar-refractivity contribution in [3.8, 4) is 0 Å². The fourth-order valence-electron chi connectivity index (χ4n) is 1.82. The lowest BCUT2D eigenvalue weighted by atomic mass is 9.86. The van der Waals surface area contributed by atoms with Crippen molar-refractivity contribution in [1.29, 1.82) is 0 Å². The summed E-state index contributed by atoms with van der Waals surface area (Å²) in [5.41, 5.74) is 6.89. The molecular formula is C13H19NO2. The van der Waals surface area contributed by atoms with Crippen molar-refractivity contribution in [2.24, 2.45) is 5.73 Å². The van der Waals surface area contributed by atoms with E-state index in [9.17, 15) is 4.79 Å². The third kappa shape index (κ3) is 3.07. The molecule has 3 heteroatoms. The molecular weight excluding hydrogens is 202 g/mol. The largest absolute Gasteiger partial charge is 0.480 e. The van der Waals surface area contributed by atoms with Crippen LogP contribution in [0.2, 0.25) is 0 Å². The lowest BCUT2D eigenvalue weighted by Crippen LogP contribution is -2.45. The molecule has 0 amide bonds. The number of carboxylic acids is 1. The van der Waals surface area contributed by atoms with Crippen molar-refractivity contribution in [1.82, 2.24) is 0 Å². The molecule has 88 valence electrons. The van der Waals surface area contributed by atoms with Crippen molar-refractivity contribution in [2.45, 2.75) is 38.6 Å². The van der Waals surface area contributed by atoms with Crippen LogP contribution >= 0.6 is 0 Å². The summed E-state index contributed by atoms with van der Waals surface area (Å²) in [6, 6.07) is 8.09. The van der Waals surface area contributed by atoms with Gasteiger partial charge in [-0.2, -0.15) is 0 Å². The fraction of sp³-hybridized carbons (Fsp3) is 0.462. The topological polar surface area (TPSA) is 63.3 Å². The monoisotopic (exact) mass is 221 g/mol. The third-order valence-electron chi connectivity index (χ3n) is 2.83. The van der Waals surface area contributed by atoms with E-state index in [4.69, 9.17) is 10.8 Å². The van der Waals surface area contributed by atoms with E-state index < -0.39 is 11.5 Å². The molecule has 0 spiro atoms. The molecule has 0 fully saturated rings. The van der Waals surface area contributed by atoms with Gasteiger partial charge in [-0.3, -0.25) is 4.79 Å². The molecule has 2 unspecified atom stereocenters. The molecule has 0 aliphatic carbocycles. The van der Waals surface area contributed by atoms with Gasteiger partial charge in [-0.05, 0) is 31.7 Å². The molecule has 3 nitrogen and oxygen atoms in total. The minimum atomic E-state index is -1.16. The maximum absolute atomic E-state index is 10.9. The summed E-state index contributed by atoms with van der Waals surface area (Å²) in [5.74, 6) is -0.807. The number of hydrogen-bond donors (Lipinski definition) is 2. The lowest BCUT2D eigenvalue weighted by Gasteiger charge is -2.23. The van der Waals surface area contributed by atoms with Gasteiger partial charge >= 0.3 is 5.97 Å². The van der Waals surface area contributed by atoms with E-state index in [0.29, 0.717) is 6.42 Å². The summed E-state index contributed by atoms with van der Waals surface area (Å²) in [7, 11) is 0. The second-order valence-corrected chi connectivity index (χ2v) is 4.74. The van der Waals surface area contributed by atoms with E-state index >= 15 is 0 Å². The highest BCUT2D eigenvalue weighted by atomic mass is 16.4. The van der Waals surface area contributed by atoms with Crippen LogP contribution < -0.4 is 5.73 Å². The van der Waals surface area contributed by atoms with Crippen LogP contribution in [0, 0.1) is 6.92 Å². The summed E-state index contributed by atoms with van der Waals surface area (Å²) in [4.78, 5) is 10.9. The van der Waals surface area contributed by atoms with Crippen molar-refractivity contribution in [3.05, 3.63) is 35.4 Å². The van der Waals surface area contributed by atoms with E-state index in [1.807, 2.05) is 32.0 Å². The molecule has 0 bridgehead atoms. The molecule has 1 aromatic carbocycles. The first-order valence-corrected chi connectivity index (χ1v) is 5.42. The van der Waals surface area contributed by atoms with Crippen LogP contribution in [0.4, 0.5) is 0 Å². The van der Waals surface area contributed by atoms with E-state index in [-0.39, 0.29) is 5.92 Å². The number of carboxylic acid groups (broad SMARTS) is 1. The normalized spacial score (nSPS) is 16.5. The maximum atomic E-state index is 10.9. The SMILES string of the molecule is Cc1cccc(C(C)CC(C)(N)C(=O)O)c1. The van der Waals surface area contributed by atoms with Crippen LogP contribution in [0.5, 0.6) is 0 Å². The summed E-state index contributed by atoms with van der Waals surface area (Å²) < 4.78 is 0. The van der Waals surface area contributed by atoms with E-state index in [1.165, 1.54) is 5.56 Å². The van der Waals surface area contributed by atoms with Gasteiger partial charge in [0.05, 0.1) is 0 Å². The molecule has 0 aromatic heterocycles. The minimum Gasteiger partial charge on any atom is -0.480 e. The molecule has 1 aromatic rings. The van der Waals surface area contributed by atoms with Crippen molar-refractivity contribution >= 4 is 5.97 Å². The third-order valence-corrected chi connectivity index (χ3v) is 2.83. The van der Waals surface area contributed by atoms with Gasteiger partial charge < -0.3 is 10.8 Å². The maximum Gasteiger partial charge on any atom is 0.323 e. The Hall–Kier alpha value is -1.35. The fourth-order valence-corrected chi connectivity index (χ4v) is 1.82. The average Bonchev–Trinajstić information content (AvgIpc) is 2.16. The first kappa shape index (κ1) is 12.7. The Morgan fingerprint density at radius 1 is 1.56 bits per heavy atom. The van der Waals surface area contributed by atoms with Gasteiger partial charge in [0.1, 0.15) is 5.54 Å². The molecule has 2 atom stereocenters. The number of benzene rings is 1. The first-order chi connectivity index (χ1) is 7.33. The average molecular weight is 221 g/mol. The molecule has 0 aliphatic heterocycles. The van der Waals surface area contributed by atoms with Crippen molar-refractivity contribution in [3.63, 3.8) is 0 Å². The predicted molar refractivity (Wildman–Crippen MR) is 64.4 cm³/mol. The number of hydrogen-bond acceptors (Lipinski definition) is 2. The van der Waals surface area contributed by atoms with Crippen LogP contribution in [0.1, 0.15) is 37.3 Å². The molecule has 1 rings (SSSR count). The van der Waals surface area contributed by atoms with E-state index in [1.54, 1.807) is 6.92 Å². The van der Waals surface area contributed by atoms with Gasteiger partial charge in [-0.25, -0.2) is 0 Å². The smallest absolute Gasteiger partial charge is 0.323 e. The Morgan fingerprint density at radius 2 is 2.19 bits per heavy atom. The Morgan fingerprint density at radius 3 is 2.69 bits per heavy atom. The summed E-state index contributed by atoms with van der Waals surface area (Å²) >= 11 is 0. The van der Waals surface area contributed by atoms with Crippen molar-refractivity contribution in [2.75, 3.05) is 0 Å². The molecule has 16 heavy (non-hydrogen) atoms. The van der Waals surface area contributed by atoms with Crippen LogP contribution in [0.3, 0.4) is 0 Å². The van der Waals surface area contributed by atoms with E-state index in [2.05, 4.69) is 6.07 Å². The molecule has 3 N–H and O–H groups in total. The zero-order valence-electron chi connectivity index (χ0n) is 10.0. The Bertz CT molecular complexity index is 385. The predicted octanol–water partition coefficient (Wildman–Crippen LogP) is 2.29. The Balaban J connectivity index is 2.80. The van der Waals surface area contributed by atoms with Gasteiger partial charge in [0.15, 0.2) is 0 Å². The second-order valence-electron chi connectivity index (χ2n) is 4.74. The molecule has 0 saturated carbocycles. The highest BCUT2D eigenvalue weighted by molar-refractivity contribution is 5.77. The van der Waals surface area contributed by atoms with Gasteiger partial charge in [0.2, 0.25) is 0 Å². The molecule has 0 saturated heterocycles. The van der Waals surface area contributed by atoms with Crippen LogP contribution in [-0.4, -0.2) is 16.6 Å². The van der Waals surface area contributed by atoms with Crippen LogP contribution in [0.25, 0.3) is 0 Å². The van der Waals surface area contributed by atoms with Crippen molar-refractivity contribution < 1.29 is 9.90 Å². The zero-order valence-corrected chi connectivity index (χ0v) is 10.0.